The Morgan fingerprint density at radius 1 is 1.16 bits per heavy atom. The van der Waals surface area contributed by atoms with Crippen molar-refractivity contribution >= 4 is 11.7 Å². The van der Waals surface area contributed by atoms with Gasteiger partial charge in [-0.05, 0) is 30.5 Å². The van der Waals surface area contributed by atoms with E-state index in [0.717, 1.165) is 12.0 Å². The molecule has 0 aliphatic rings. The first-order chi connectivity index (χ1) is 15.6. The number of aromatic nitrogens is 4. The predicted octanol–water partition coefficient (Wildman–Crippen LogP) is 4.30. The lowest BCUT2D eigenvalue weighted by Crippen LogP contribution is -2.23. The largest absolute Gasteiger partial charge is 0.463 e. The molecule has 0 saturated heterocycles. The van der Waals surface area contributed by atoms with E-state index in [-0.39, 0.29) is 23.3 Å². The molecular weight excluding hydrogens is 406 g/mol. The highest BCUT2D eigenvalue weighted by molar-refractivity contribution is 5.95. The molecule has 1 atom stereocenters. The van der Waals surface area contributed by atoms with Crippen LogP contribution in [-0.2, 0) is 11.2 Å². The fourth-order valence-electron chi connectivity index (χ4n) is 3.63. The Kier molecular flexibility index (Phi) is 6.30. The van der Waals surface area contributed by atoms with Crippen molar-refractivity contribution in [2.24, 2.45) is 0 Å². The second-order valence-electron chi connectivity index (χ2n) is 7.48. The third-order valence-corrected chi connectivity index (χ3v) is 5.15. The van der Waals surface area contributed by atoms with Crippen LogP contribution in [0, 0.1) is 0 Å². The van der Waals surface area contributed by atoms with Crippen molar-refractivity contribution in [2.45, 2.75) is 39.0 Å². The van der Waals surface area contributed by atoms with Crippen LogP contribution in [0.4, 0.5) is 5.82 Å². The van der Waals surface area contributed by atoms with Gasteiger partial charge in [0, 0.05) is 17.8 Å². The molecule has 32 heavy (non-hydrogen) atoms. The van der Waals surface area contributed by atoms with Crippen molar-refractivity contribution in [1.29, 1.82) is 0 Å². The number of anilines is 1. The van der Waals surface area contributed by atoms with E-state index in [4.69, 9.17) is 4.42 Å². The number of carbonyl (C=O) groups is 1. The van der Waals surface area contributed by atoms with Crippen LogP contribution in [-0.4, -0.2) is 25.7 Å². The van der Waals surface area contributed by atoms with Gasteiger partial charge in [-0.1, -0.05) is 50.6 Å². The van der Waals surface area contributed by atoms with Crippen LogP contribution >= 0.6 is 0 Å². The molecule has 8 nitrogen and oxygen atoms in total. The molecule has 8 heteroatoms. The van der Waals surface area contributed by atoms with Gasteiger partial charge in [-0.2, -0.15) is 9.78 Å². The Labute approximate surface area is 185 Å². The quantitative estimate of drug-likeness (QED) is 0.433. The van der Waals surface area contributed by atoms with Gasteiger partial charge in [-0.15, -0.1) is 0 Å². The van der Waals surface area contributed by atoms with Crippen LogP contribution in [0.2, 0.25) is 0 Å². The molecule has 0 spiro atoms. The summed E-state index contributed by atoms with van der Waals surface area (Å²) in [5.74, 6) is 0.679. The van der Waals surface area contributed by atoms with Gasteiger partial charge in [0.2, 0.25) is 11.9 Å². The molecule has 4 aromatic rings. The van der Waals surface area contributed by atoms with Crippen LogP contribution < -0.4 is 10.9 Å². The summed E-state index contributed by atoms with van der Waals surface area (Å²) in [5.41, 5.74) is 1.83. The lowest BCUT2D eigenvalue weighted by atomic mass is 9.96. The molecule has 0 bridgehead atoms. The predicted molar refractivity (Wildman–Crippen MR) is 122 cm³/mol. The van der Waals surface area contributed by atoms with Gasteiger partial charge in [0.05, 0.1) is 12.2 Å². The first-order valence-corrected chi connectivity index (χ1v) is 10.7. The van der Waals surface area contributed by atoms with E-state index >= 15 is 0 Å². The molecule has 0 aliphatic heterocycles. The van der Waals surface area contributed by atoms with Gasteiger partial charge < -0.3 is 9.73 Å². The van der Waals surface area contributed by atoms with Gasteiger partial charge in [0.1, 0.15) is 11.5 Å². The number of amides is 1. The zero-order chi connectivity index (χ0) is 22.5. The van der Waals surface area contributed by atoms with Gasteiger partial charge in [0.15, 0.2) is 5.76 Å². The fraction of sp³-hybridized carbons (Fsp3) is 0.250. The maximum absolute atomic E-state index is 13.2. The average molecular weight is 431 g/mol. The van der Waals surface area contributed by atoms with Crippen molar-refractivity contribution in [2.75, 3.05) is 5.32 Å². The van der Waals surface area contributed by atoms with Crippen molar-refractivity contribution in [3.05, 3.63) is 82.5 Å². The second kappa shape index (κ2) is 9.47. The molecule has 164 valence electrons. The SMILES string of the molecule is CCCc1cc(=O)[nH]c(-n2nc(-c3ccco3)cc2NC(=O)C(CC)c2ccccc2)n1. The maximum atomic E-state index is 13.2. The second-order valence-corrected chi connectivity index (χ2v) is 7.48. The Morgan fingerprint density at radius 2 is 1.97 bits per heavy atom. The molecule has 1 unspecified atom stereocenters. The molecule has 0 aliphatic carbocycles. The summed E-state index contributed by atoms with van der Waals surface area (Å²) in [4.78, 5) is 32.7. The number of furan rings is 1. The highest BCUT2D eigenvalue weighted by Crippen LogP contribution is 2.26. The molecule has 1 amide bonds. The van der Waals surface area contributed by atoms with Crippen molar-refractivity contribution in [3.63, 3.8) is 0 Å². The number of benzene rings is 1. The number of rotatable bonds is 8. The molecule has 0 radical (unpaired) electrons. The Hall–Kier alpha value is -3.94. The number of aromatic amines is 1. The normalized spacial score (nSPS) is 11.9. The molecule has 4 rings (SSSR count). The monoisotopic (exact) mass is 431 g/mol. The standard InChI is InChI=1S/C24H25N5O3/c1-3-9-17-14-22(30)27-24(25-17)29-21(15-19(28-29)20-12-8-13-32-20)26-23(31)18(4-2)16-10-6-5-7-11-16/h5-8,10-15,18H,3-4,9H2,1-2H3,(H,26,31)(H,25,27,30). The number of hydrogen-bond donors (Lipinski definition) is 2. The van der Waals surface area contributed by atoms with E-state index in [1.807, 2.05) is 44.2 Å². The third-order valence-electron chi connectivity index (χ3n) is 5.15. The van der Waals surface area contributed by atoms with Crippen LogP contribution in [0.25, 0.3) is 17.4 Å². The topological polar surface area (TPSA) is 106 Å². The summed E-state index contributed by atoms with van der Waals surface area (Å²) in [6.07, 6.45) is 3.70. The van der Waals surface area contributed by atoms with Crippen LogP contribution in [0.1, 0.15) is 43.9 Å². The maximum Gasteiger partial charge on any atom is 0.252 e. The summed E-state index contributed by atoms with van der Waals surface area (Å²) in [6.45, 7) is 3.99. The minimum atomic E-state index is -0.329. The third kappa shape index (κ3) is 4.54. The zero-order valence-electron chi connectivity index (χ0n) is 18.0. The molecule has 2 N–H and O–H groups in total. The average Bonchev–Trinajstić information content (AvgIpc) is 3.45. The van der Waals surface area contributed by atoms with Crippen LogP contribution in [0.3, 0.4) is 0 Å². The summed E-state index contributed by atoms with van der Waals surface area (Å²) in [5, 5.41) is 7.52. The van der Waals surface area contributed by atoms with Crippen molar-refractivity contribution in [1.82, 2.24) is 19.7 Å². The number of H-pyrrole nitrogens is 1. The molecular formula is C24H25N5O3. The van der Waals surface area contributed by atoms with E-state index in [1.54, 1.807) is 24.5 Å². The van der Waals surface area contributed by atoms with E-state index in [1.165, 1.54) is 10.7 Å². The first-order valence-electron chi connectivity index (χ1n) is 10.7. The molecule has 3 heterocycles. The number of nitrogens with zero attached hydrogens (tertiary/aromatic N) is 3. The van der Waals surface area contributed by atoms with Gasteiger partial charge >= 0.3 is 0 Å². The molecule has 0 fully saturated rings. The zero-order valence-corrected chi connectivity index (χ0v) is 18.0. The van der Waals surface area contributed by atoms with E-state index in [0.29, 0.717) is 35.8 Å². The van der Waals surface area contributed by atoms with E-state index < -0.39 is 0 Å². The number of carbonyl (C=O) groups excluding carboxylic acids is 1. The summed E-state index contributed by atoms with van der Waals surface area (Å²) in [7, 11) is 0. The van der Waals surface area contributed by atoms with E-state index in [2.05, 4.69) is 20.4 Å². The molecule has 1 aromatic carbocycles. The van der Waals surface area contributed by atoms with Crippen LogP contribution in [0.5, 0.6) is 0 Å². The smallest absolute Gasteiger partial charge is 0.252 e. The van der Waals surface area contributed by atoms with Gasteiger partial charge in [-0.3, -0.25) is 14.6 Å². The lowest BCUT2D eigenvalue weighted by molar-refractivity contribution is -0.117. The number of nitrogens with one attached hydrogen (secondary N) is 2. The highest BCUT2D eigenvalue weighted by atomic mass is 16.3. The number of aryl methyl sites for hydroxylation is 1. The van der Waals surface area contributed by atoms with Crippen LogP contribution in [0.15, 0.2) is 70.1 Å². The molecule has 3 aromatic heterocycles. The molecule has 0 saturated carbocycles. The first kappa shape index (κ1) is 21.3. The minimum absolute atomic E-state index is 0.169. The Morgan fingerprint density at radius 3 is 2.66 bits per heavy atom. The van der Waals surface area contributed by atoms with Gasteiger partial charge in [-0.25, -0.2) is 4.98 Å². The highest BCUT2D eigenvalue weighted by Gasteiger charge is 2.22. The Bertz CT molecular complexity index is 1240. The summed E-state index contributed by atoms with van der Waals surface area (Å²) in [6, 6.07) is 16.4. The summed E-state index contributed by atoms with van der Waals surface area (Å²) < 4.78 is 6.91. The lowest BCUT2D eigenvalue weighted by Gasteiger charge is -2.16. The minimum Gasteiger partial charge on any atom is -0.463 e. The van der Waals surface area contributed by atoms with Crippen molar-refractivity contribution < 1.29 is 9.21 Å². The Balaban J connectivity index is 1.74. The van der Waals surface area contributed by atoms with Crippen molar-refractivity contribution in [3.8, 4) is 17.4 Å². The fourth-order valence-corrected chi connectivity index (χ4v) is 3.63. The summed E-state index contributed by atoms with van der Waals surface area (Å²) >= 11 is 0. The number of hydrogen-bond acceptors (Lipinski definition) is 5. The van der Waals surface area contributed by atoms with Gasteiger partial charge in [0.25, 0.3) is 5.56 Å². The van der Waals surface area contributed by atoms with E-state index in [9.17, 15) is 9.59 Å².